The van der Waals surface area contributed by atoms with Gasteiger partial charge in [0.2, 0.25) is 0 Å². The molecule has 0 aliphatic rings. The summed E-state index contributed by atoms with van der Waals surface area (Å²) in [7, 11) is 1.97. The van der Waals surface area contributed by atoms with Crippen LogP contribution in [0.4, 0.5) is 0 Å². The van der Waals surface area contributed by atoms with E-state index in [4.69, 9.17) is 6.42 Å². The van der Waals surface area contributed by atoms with Gasteiger partial charge in [-0.25, -0.2) is 0 Å². The van der Waals surface area contributed by atoms with Crippen molar-refractivity contribution in [1.29, 1.82) is 0 Å². The van der Waals surface area contributed by atoms with Crippen molar-refractivity contribution in [3.63, 3.8) is 0 Å². The van der Waals surface area contributed by atoms with E-state index in [9.17, 15) is 0 Å². The molecule has 0 unspecified atom stereocenters. The normalized spacial score (nSPS) is 9.45. The highest BCUT2D eigenvalue weighted by Gasteiger charge is 1.85. The van der Waals surface area contributed by atoms with Crippen LogP contribution in [0.2, 0.25) is 0 Å². The molecule has 0 aromatic rings. The zero-order chi connectivity index (χ0) is 8.36. The van der Waals surface area contributed by atoms with Crippen molar-refractivity contribution in [2.45, 2.75) is 19.3 Å². The van der Waals surface area contributed by atoms with Crippen molar-refractivity contribution >= 4 is 0 Å². The third-order valence-corrected chi connectivity index (χ3v) is 1.45. The van der Waals surface area contributed by atoms with E-state index in [2.05, 4.69) is 16.6 Å². The summed E-state index contributed by atoms with van der Waals surface area (Å²) in [5.74, 6) is 2.62. The van der Waals surface area contributed by atoms with Gasteiger partial charge in [0.15, 0.2) is 0 Å². The van der Waals surface area contributed by atoms with E-state index in [-0.39, 0.29) is 0 Å². The third kappa shape index (κ3) is 9.48. The molecular weight excluding hydrogens is 136 g/mol. The topological polar surface area (TPSA) is 24.1 Å². The van der Waals surface area contributed by atoms with Crippen molar-refractivity contribution in [3.05, 3.63) is 0 Å². The fourth-order valence-corrected chi connectivity index (χ4v) is 0.831. The Morgan fingerprint density at radius 3 is 2.55 bits per heavy atom. The zero-order valence-corrected chi connectivity index (χ0v) is 7.32. The minimum atomic E-state index is 0.888. The highest BCUT2D eigenvalue weighted by molar-refractivity contribution is 4.83. The number of hydrogen-bond donors (Lipinski definition) is 2. The van der Waals surface area contributed by atoms with Crippen LogP contribution in [-0.2, 0) is 0 Å². The molecule has 0 spiro atoms. The molecular formula is C9H18N2. The van der Waals surface area contributed by atoms with Crippen LogP contribution in [0.25, 0.3) is 0 Å². The van der Waals surface area contributed by atoms with Crippen LogP contribution < -0.4 is 10.6 Å². The lowest BCUT2D eigenvalue weighted by Gasteiger charge is -2.01. The van der Waals surface area contributed by atoms with Gasteiger partial charge < -0.3 is 10.6 Å². The number of terminal acetylenes is 1. The molecule has 0 radical (unpaired) electrons. The Labute approximate surface area is 69.8 Å². The van der Waals surface area contributed by atoms with Crippen molar-refractivity contribution < 1.29 is 0 Å². The highest BCUT2D eigenvalue weighted by atomic mass is 14.9. The predicted molar refractivity (Wildman–Crippen MR) is 49.5 cm³/mol. The second kappa shape index (κ2) is 9.48. The maximum absolute atomic E-state index is 5.10. The molecule has 11 heavy (non-hydrogen) atoms. The van der Waals surface area contributed by atoms with Crippen LogP contribution in [0.15, 0.2) is 0 Å². The molecule has 0 rings (SSSR count). The Hall–Kier alpha value is -0.520. The summed E-state index contributed by atoms with van der Waals surface area (Å²) in [4.78, 5) is 0. The first-order chi connectivity index (χ1) is 5.41. The molecule has 2 N–H and O–H groups in total. The van der Waals surface area contributed by atoms with Gasteiger partial charge in [-0.05, 0) is 39.5 Å². The largest absolute Gasteiger partial charge is 0.320 e. The molecule has 0 aliphatic carbocycles. The molecule has 0 amide bonds. The molecule has 2 nitrogen and oxygen atoms in total. The average molecular weight is 154 g/mol. The summed E-state index contributed by atoms with van der Waals surface area (Å²) < 4.78 is 0. The van der Waals surface area contributed by atoms with E-state index in [0.717, 1.165) is 32.5 Å². The van der Waals surface area contributed by atoms with Gasteiger partial charge in [-0.1, -0.05) is 0 Å². The molecule has 0 saturated heterocycles. The summed E-state index contributed by atoms with van der Waals surface area (Å²) in [5.41, 5.74) is 0. The van der Waals surface area contributed by atoms with E-state index in [1.54, 1.807) is 0 Å². The lowest BCUT2D eigenvalue weighted by Crippen LogP contribution is -2.20. The number of rotatable bonds is 7. The summed E-state index contributed by atoms with van der Waals surface area (Å²) in [6, 6.07) is 0. The van der Waals surface area contributed by atoms with Gasteiger partial charge in [0.1, 0.15) is 0 Å². The zero-order valence-electron chi connectivity index (χ0n) is 7.32. The lowest BCUT2D eigenvalue weighted by molar-refractivity contribution is 0.611. The minimum absolute atomic E-state index is 0.888. The molecule has 0 aromatic heterocycles. The molecule has 0 saturated carbocycles. The smallest absolute Gasteiger partial charge is 0.00981 e. The van der Waals surface area contributed by atoms with Crippen LogP contribution in [-0.4, -0.2) is 26.7 Å². The first kappa shape index (κ1) is 10.5. The first-order valence-electron chi connectivity index (χ1n) is 4.20. The molecule has 0 fully saturated rings. The molecule has 0 atom stereocenters. The molecule has 2 heteroatoms. The van der Waals surface area contributed by atoms with E-state index >= 15 is 0 Å². The summed E-state index contributed by atoms with van der Waals surface area (Å²) >= 11 is 0. The number of nitrogens with one attached hydrogen (secondary N) is 2. The van der Waals surface area contributed by atoms with Crippen LogP contribution in [0.3, 0.4) is 0 Å². The van der Waals surface area contributed by atoms with Gasteiger partial charge in [0.25, 0.3) is 0 Å². The fraction of sp³-hybridized carbons (Fsp3) is 0.778. The number of hydrogen-bond acceptors (Lipinski definition) is 2. The van der Waals surface area contributed by atoms with Gasteiger partial charge in [-0.2, -0.15) is 0 Å². The predicted octanol–water partition coefficient (Wildman–Crippen LogP) is 0.599. The SMILES string of the molecule is C#CCCCNCCCNC. The maximum atomic E-state index is 5.10. The van der Waals surface area contributed by atoms with Crippen molar-refractivity contribution in [3.8, 4) is 12.3 Å². The van der Waals surface area contributed by atoms with Crippen LogP contribution in [0, 0.1) is 12.3 Å². The van der Waals surface area contributed by atoms with E-state index < -0.39 is 0 Å². The molecule has 0 heterocycles. The second-order valence-electron chi connectivity index (χ2n) is 2.51. The standard InChI is InChI=1S/C9H18N2/c1-3-4-5-8-11-9-6-7-10-2/h1,10-11H,4-9H2,2H3. The summed E-state index contributed by atoms with van der Waals surface area (Å²) in [6.07, 6.45) is 8.27. The fourth-order valence-electron chi connectivity index (χ4n) is 0.831. The van der Waals surface area contributed by atoms with Crippen molar-refractivity contribution in [1.82, 2.24) is 10.6 Å². The molecule has 0 aromatic carbocycles. The molecule has 0 bridgehead atoms. The number of unbranched alkanes of at least 4 members (excludes halogenated alkanes) is 1. The van der Waals surface area contributed by atoms with Crippen LogP contribution >= 0.6 is 0 Å². The van der Waals surface area contributed by atoms with Gasteiger partial charge in [0, 0.05) is 6.42 Å². The molecule has 0 aliphatic heterocycles. The van der Waals surface area contributed by atoms with E-state index in [0.29, 0.717) is 0 Å². The summed E-state index contributed by atoms with van der Waals surface area (Å²) in [5, 5.41) is 6.42. The summed E-state index contributed by atoms with van der Waals surface area (Å²) in [6.45, 7) is 3.22. The maximum Gasteiger partial charge on any atom is 0.00981 e. The first-order valence-corrected chi connectivity index (χ1v) is 4.20. The highest BCUT2D eigenvalue weighted by Crippen LogP contribution is 1.82. The Morgan fingerprint density at radius 2 is 1.91 bits per heavy atom. The Kier molecular flexibility index (Phi) is 9.03. The van der Waals surface area contributed by atoms with Gasteiger partial charge >= 0.3 is 0 Å². The second-order valence-corrected chi connectivity index (χ2v) is 2.51. The monoisotopic (exact) mass is 154 g/mol. The molecule has 64 valence electrons. The van der Waals surface area contributed by atoms with Crippen LogP contribution in [0.1, 0.15) is 19.3 Å². The van der Waals surface area contributed by atoms with E-state index in [1.807, 2.05) is 7.05 Å². The van der Waals surface area contributed by atoms with Crippen molar-refractivity contribution in [2.24, 2.45) is 0 Å². The van der Waals surface area contributed by atoms with Crippen molar-refractivity contribution in [2.75, 3.05) is 26.7 Å². The average Bonchev–Trinajstić information content (AvgIpc) is 2.03. The minimum Gasteiger partial charge on any atom is -0.320 e. The Bertz CT molecular complexity index is 105. The van der Waals surface area contributed by atoms with Crippen LogP contribution in [0.5, 0.6) is 0 Å². The lowest BCUT2D eigenvalue weighted by atomic mass is 10.3. The quantitative estimate of drug-likeness (QED) is 0.414. The van der Waals surface area contributed by atoms with Gasteiger partial charge in [0.05, 0.1) is 0 Å². The third-order valence-electron chi connectivity index (χ3n) is 1.45. The van der Waals surface area contributed by atoms with E-state index in [1.165, 1.54) is 6.42 Å². The van der Waals surface area contributed by atoms with Gasteiger partial charge in [-0.3, -0.25) is 0 Å². The van der Waals surface area contributed by atoms with Gasteiger partial charge in [-0.15, -0.1) is 12.3 Å². The Balaban J connectivity index is 2.75. The Morgan fingerprint density at radius 1 is 1.18 bits per heavy atom.